The summed E-state index contributed by atoms with van der Waals surface area (Å²) in [5, 5.41) is 8.42. The molecule has 3 atom stereocenters. The number of rotatable bonds is 5. The average Bonchev–Trinajstić information content (AvgIpc) is 3.24. The second kappa shape index (κ2) is 8.07. The van der Waals surface area contributed by atoms with E-state index in [1.165, 1.54) is 10.9 Å². The van der Waals surface area contributed by atoms with Crippen molar-refractivity contribution in [3.05, 3.63) is 40.8 Å². The zero-order valence-electron chi connectivity index (χ0n) is 18.5. The Morgan fingerprint density at radius 1 is 1.24 bits per heavy atom. The van der Waals surface area contributed by atoms with Crippen LogP contribution in [0.5, 0.6) is 0 Å². The molecule has 34 heavy (non-hydrogen) atoms. The van der Waals surface area contributed by atoms with Gasteiger partial charge in [-0.25, -0.2) is 23.1 Å². The Morgan fingerprint density at radius 2 is 2.03 bits per heavy atom. The lowest BCUT2D eigenvalue weighted by Crippen LogP contribution is -2.54. The third-order valence-corrected chi connectivity index (χ3v) is 7.51. The maximum Gasteiger partial charge on any atom is 0.272 e. The SMILES string of the molecule is Cc1c(Nc2ncc3cc(Cl)c(C4CCN(C5COC5)CC4F)cc3n2)cnn1C1CC1(F)F. The molecule has 2 aromatic heterocycles. The van der Waals surface area contributed by atoms with Crippen LogP contribution in [0, 0.1) is 6.92 Å². The summed E-state index contributed by atoms with van der Waals surface area (Å²) in [6, 6.07) is 3.02. The van der Waals surface area contributed by atoms with Crippen LogP contribution in [0.1, 0.15) is 36.1 Å². The monoisotopic (exact) mass is 492 g/mol. The fourth-order valence-electron chi connectivity index (χ4n) is 4.90. The number of nitrogens with zero attached hydrogens (tertiary/aromatic N) is 5. The molecule has 0 amide bonds. The molecule has 6 rings (SSSR count). The van der Waals surface area contributed by atoms with Crippen molar-refractivity contribution >= 4 is 34.1 Å². The van der Waals surface area contributed by atoms with Crippen molar-refractivity contribution in [1.82, 2.24) is 24.6 Å². The van der Waals surface area contributed by atoms with Crippen LogP contribution in [0.25, 0.3) is 10.9 Å². The minimum Gasteiger partial charge on any atom is -0.378 e. The number of likely N-dealkylation sites (tertiary alicyclic amines) is 1. The number of aromatic nitrogens is 4. The molecular formula is C23H24ClF3N6O. The Hall–Kier alpha value is -2.43. The number of hydrogen-bond acceptors (Lipinski definition) is 6. The van der Waals surface area contributed by atoms with E-state index in [1.54, 1.807) is 19.2 Å². The van der Waals surface area contributed by atoms with Crippen LogP contribution in [0.15, 0.2) is 24.5 Å². The molecule has 1 aliphatic carbocycles. The van der Waals surface area contributed by atoms with Crippen LogP contribution < -0.4 is 5.32 Å². The number of anilines is 2. The maximum absolute atomic E-state index is 15.2. The molecule has 3 aromatic rings. The van der Waals surface area contributed by atoms with E-state index < -0.39 is 18.1 Å². The number of fused-ring (bicyclic) bond motifs is 1. The molecule has 3 aliphatic rings. The van der Waals surface area contributed by atoms with Crippen LogP contribution in [0.4, 0.5) is 24.8 Å². The molecule has 4 heterocycles. The lowest BCUT2D eigenvalue weighted by molar-refractivity contribution is -0.0806. The predicted molar refractivity (Wildman–Crippen MR) is 122 cm³/mol. The van der Waals surface area contributed by atoms with E-state index in [1.807, 2.05) is 6.07 Å². The van der Waals surface area contributed by atoms with Crippen molar-refractivity contribution in [2.45, 2.75) is 49.9 Å². The van der Waals surface area contributed by atoms with Gasteiger partial charge in [-0.15, -0.1) is 0 Å². The number of alkyl halides is 3. The smallest absolute Gasteiger partial charge is 0.272 e. The summed E-state index contributed by atoms with van der Waals surface area (Å²) in [4.78, 5) is 11.1. The lowest BCUT2D eigenvalue weighted by atomic mass is 9.86. The van der Waals surface area contributed by atoms with Crippen LogP contribution in [0.2, 0.25) is 5.02 Å². The second-order valence-electron chi connectivity index (χ2n) is 9.42. The third-order valence-electron chi connectivity index (χ3n) is 7.19. The molecule has 3 unspecified atom stereocenters. The highest BCUT2D eigenvalue weighted by atomic mass is 35.5. The minimum atomic E-state index is -2.71. The van der Waals surface area contributed by atoms with Crippen LogP contribution in [-0.4, -0.2) is 69.1 Å². The molecule has 1 aromatic carbocycles. The van der Waals surface area contributed by atoms with E-state index in [2.05, 4.69) is 25.3 Å². The van der Waals surface area contributed by atoms with Crippen molar-refractivity contribution in [3.63, 3.8) is 0 Å². The van der Waals surface area contributed by atoms with Gasteiger partial charge in [0.05, 0.1) is 42.4 Å². The highest BCUT2D eigenvalue weighted by Gasteiger charge is 2.59. The molecule has 7 nitrogen and oxygen atoms in total. The zero-order chi connectivity index (χ0) is 23.6. The number of nitrogens with one attached hydrogen (secondary N) is 1. The Bertz CT molecular complexity index is 1250. The first-order chi connectivity index (χ1) is 16.3. The summed E-state index contributed by atoms with van der Waals surface area (Å²) in [5.74, 6) is -2.71. The quantitative estimate of drug-likeness (QED) is 0.560. The van der Waals surface area contributed by atoms with Crippen molar-refractivity contribution in [2.24, 2.45) is 0 Å². The van der Waals surface area contributed by atoms with Gasteiger partial charge in [-0.3, -0.25) is 9.58 Å². The number of ether oxygens (including phenoxy) is 1. The first kappa shape index (κ1) is 22.1. The summed E-state index contributed by atoms with van der Waals surface area (Å²) < 4.78 is 48.7. The van der Waals surface area contributed by atoms with Crippen molar-refractivity contribution in [3.8, 4) is 0 Å². The Morgan fingerprint density at radius 3 is 2.71 bits per heavy atom. The fraction of sp³-hybridized carbons (Fsp3) is 0.522. The largest absolute Gasteiger partial charge is 0.378 e. The predicted octanol–water partition coefficient (Wildman–Crippen LogP) is 4.64. The second-order valence-corrected chi connectivity index (χ2v) is 9.82. The van der Waals surface area contributed by atoms with Gasteiger partial charge in [-0.2, -0.15) is 5.10 Å². The molecule has 0 radical (unpaired) electrons. The molecule has 1 N–H and O–H groups in total. The van der Waals surface area contributed by atoms with Crippen molar-refractivity contribution in [2.75, 3.05) is 31.6 Å². The minimum absolute atomic E-state index is 0.200. The van der Waals surface area contributed by atoms with Crippen LogP contribution in [0.3, 0.4) is 0 Å². The molecule has 180 valence electrons. The van der Waals surface area contributed by atoms with Gasteiger partial charge in [-0.05, 0) is 37.6 Å². The standard InChI is InChI=1S/C23H24ClF3N6O/c1-12-20(8-29-33(12)21-6-23(21,26)27)31-22-28-7-13-4-17(24)16(5-19(13)30-22)15-2-3-32(9-18(15)25)14-10-34-11-14/h4-5,7-8,14-15,18,21H,2-3,6,9-11H2,1H3,(H,28,30,31). The maximum atomic E-state index is 15.2. The third kappa shape index (κ3) is 3.81. The fourth-order valence-corrected chi connectivity index (χ4v) is 5.21. The van der Waals surface area contributed by atoms with Gasteiger partial charge in [0.15, 0.2) is 0 Å². The topological polar surface area (TPSA) is 68.1 Å². The van der Waals surface area contributed by atoms with Crippen LogP contribution >= 0.6 is 11.6 Å². The summed E-state index contributed by atoms with van der Waals surface area (Å²) in [6.45, 7) is 4.23. The van der Waals surface area contributed by atoms with E-state index in [-0.39, 0.29) is 12.3 Å². The normalized spacial score (nSPS) is 27.0. The summed E-state index contributed by atoms with van der Waals surface area (Å²) >= 11 is 6.55. The molecule has 11 heteroatoms. The molecule has 0 bridgehead atoms. The van der Waals surface area contributed by atoms with Gasteiger partial charge in [0.1, 0.15) is 12.2 Å². The number of halogens is 4. The number of benzene rings is 1. The summed E-state index contributed by atoms with van der Waals surface area (Å²) in [7, 11) is 0. The average molecular weight is 493 g/mol. The molecule has 1 saturated carbocycles. The van der Waals surface area contributed by atoms with Gasteiger partial charge in [-0.1, -0.05) is 11.6 Å². The molecule has 2 saturated heterocycles. The summed E-state index contributed by atoms with van der Waals surface area (Å²) in [5.41, 5.74) is 2.53. The Balaban J connectivity index is 1.24. The number of piperidine rings is 1. The van der Waals surface area contributed by atoms with Gasteiger partial charge in [0.25, 0.3) is 5.92 Å². The highest BCUT2D eigenvalue weighted by molar-refractivity contribution is 6.32. The van der Waals surface area contributed by atoms with Gasteiger partial charge in [0, 0.05) is 35.5 Å². The Kier molecular flexibility index (Phi) is 5.23. The number of hydrogen-bond donors (Lipinski definition) is 1. The Labute approximate surface area is 199 Å². The van der Waals surface area contributed by atoms with E-state index in [9.17, 15) is 8.78 Å². The first-order valence-corrected chi connectivity index (χ1v) is 11.8. The molecule has 2 aliphatic heterocycles. The van der Waals surface area contributed by atoms with Gasteiger partial charge < -0.3 is 10.1 Å². The molecular weight excluding hydrogens is 469 g/mol. The van der Waals surface area contributed by atoms with E-state index in [0.29, 0.717) is 60.1 Å². The highest BCUT2D eigenvalue weighted by Crippen LogP contribution is 2.53. The zero-order valence-corrected chi connectivity index (χ0v) is 19.3. The molecule has 0 spiro atoms. The summed E-state index contributed by atoms with van der Waals surface area (Å²) in [6.07, 6.45) is 2.58. The van der Waals surface area contributed by atoms with Gasteiger partial charge >= 0.3 is 0 Å². The first-order valence-electron chi connectivity index (χ1n) is 11.4. The van der Waals surface area contributed by atoms with Gasteiger partial charge in [0.2, 0.25) is 5.95 Å². The van der Waals surface area contributed by atoms with Crippen molar-refractivity contribution < 1.29 is 17.9 Å². The molecule has 3 fully saturated rings. The van der Waals surface area contributed by atoms with E-state index in [0.717, 1.165) is 17.5 Å². The van der Waals surface area contributed by atoms with Crippen molar-refractivity contribution in [1.29, 1.82) is 0 Å². The lowest BCUT2D eigenvalue weighted by Gasteiger charge is -2.43. The van der Waals surface area contributed by atoms with Crippen LogP contribution in [-0.2, 0) is 4.74 Å². The van der Waals surface area contributed by atoms with E-state index >= 15 is 4.39 Å². The van der Waals surface area contributed by atoms with E-state index in [4.69, 9.17) is 16.3 Å².